The molecule has 0 fully saturated rings. The van der Waals surface area contributed by atoms with Crippen molar-refractivity contribution in [3.63, 3.8) is 0 Å². The van der Waals surface area contributed by atoms with E-state index in [2.05, 4.69) is 98.1 Å². The average Bonchev–Trinajstić information content (AvgIpc) is 1.40. The van der Waals surface area contributed by atoms with Gasteiger partial charge in [-0.05, 0) is 155 Å². The monoisotopic (exact) mass is 1210 g/mol. The van der Waals surface area contributed by atoms with E-state index in [-0.39, 0.29) is 23.6 Å². The first-order valence-corrected chi connectivity index (χ1v) is 31.6. The fourth-order valence-electron chi connectivity index (χ4n) is 13.7. The van der Waals surface area contributed by atoms with Crippen LogP contribution in [0, 0.1) is 38.4 Å². The van der Waals surface area contributed by atoms with E-state index < -0.39 is 12.2 Å². The number of likely N-dealkylation sites (N-methyl/N-ethyl adjacent to an activating group) is 2. The lowest BCUT2D eigenvalue weighted by Gasteiger charge is -2.30. The predicted molar refractivity (Wildman–Crippen MR) is 352 cm³/mol. The van der Waals surface area contributed by atoms with Crippen LogP contribution in [0.5, 0.6) is 17.2 Å². The molecule has 20 nitrogen and oxygen atoms in total. The molecule has 9 heterocycles. The van der Waals surface area contributed by atoms with Crippen LogP contribution < -0.4 is 51.4 Å². The van der Waals surface area contributed by atoms with E-state index >= 15 is 4.39 Å². The molecule has 21 heteroatoms. The maximum absolute atomic E-state index is 17.1. The number of hydrogen-bond acceptors (Lipinski definition) is 20. The number of aromatic nitrogens is 6. The van der Waals surface area contributed by atoms with Crippen LogP contribution >= 0.6 is 0 Å². The van der Waals surface area contributed by atoms with Gasteiger partial charge in [-0.15, -0.1) is 0 Å². The number of ether oxygens (including phenoxy) is 3. The molecule has 12 rings (SSSR count). The van der Waals surface area contributed by atoms with Crippen LogP contribution in [0.2, 0.25) is 0 Å². The highest BCUT2D eigenvalue weighted by Crippen LogP contribution is 2.48. The van der Waals surface area contributed by atoms with Crippen molar-refractivity contribution in [1.29, 1.82) is 0 Å². The van der Waals surface area contributed by atoms with Crippen LogP contribution in [-0.4, -0.2) is 156 Å². The van der Waals surface area contributed by atoms with Crippen LogP contribution in [0.3, 0.4) is 0 Å². The number of aryl methyl sites for hydroxylation is 1. The van der Waals surface area contributed by atoms with Crippen molar-refractivity contribution in [3.05, 3.63) is 122 Å². The summed E-state index contributed by atoms with van der Waals surface area (Å²) in [6, 6.07) is 12.1. The lowest BCUT2D eigenvalue weighted by Crippen LogP contribution is -2.27. The van der Waals surface area contributed by atoms with Gasteiger partial charge in [-0.2, -0.15) is 15.0 Å². The summed E-state index contributed by atoms with van der Waals surface area (Å²) >= 11 is 0. The van der Waals surface area contributed by atoms with Gasteiger partial charge in [0.2, 0.25) is 17.8 Å². The molecule has 6 aliphatic rings. The maximum atomic E-state index is 17.1. The third kappa shape index (κ3) is 13.6. The van der Waals surface area contributed by atoms with Crippen molar-refractivity contribution >= 4 is 69.1 Å². The lowest BCUT2D eigenvalue weighted by atomic mass is 9.86. The molecule has 0 radical (unpaired) electrons. The van der Waals surface area contributed by atoms with Crippen molar-refractivity contribution in [2.24, 2.45) is 11.8 Å². The van der Waals surface area contributed by atoms with Crippen LogP contribution in [0.1, 0.15) is 107 Å². The van der Waals surface area contributed by atoms with E-state index in [9.17, 15) is 10.2 Å². The van der Waals surface area contributed by atoms with Crippen LogP contribution in [0.25, 0.3) is 16.7 Å². The number of β-amino-alcohol motifs (C(OH)–C–C–N with tert-alkyl or cyclic N) is 2. The first-order chi connectivity index (χ1) is 43.1. The predicted octanol–water partition coefficient (Wildman–Crippen LogP) is 9.88. The minimum atomic E-state index is -0.562. The molecule has 0 amide bonds. The first-order valence-electron chi connectivity index (χ1n) is 31.6. The molecule has 0 bridgehead atoms. The number of aliphatic hydroxyl groups is 2. The van der Waals surface area contributed by atoms with E-state index in [1.165, 1.54) is 0 Å². The Morgan fingerprint density at radius 1 is 0.596 bits per heavy atom. The summed E-state index contributed by atoms with van der Waals surface area (Å²) in [7, 11) is 9.60. The number of halogens is 1. The third-order valence-electron chi connectivity index (χ3n) is 18.2. The fourth-order valence-corrected chi connectivity index (χ4v) is 13.7. The van der Waals surface area contributed by atoms with E-state index in [0.29, 0.717) is 131 Å². The lowest BCUT2D eigenvalue weighted by molar-refractivity contribution is 0.139. The Morgan fingerprint density at radius 2 is 1.11 bits per heavy atom. The van der Waals surface area contributed by atoms with Crippen LogP contribution in [0.15, 0.2) is 54.6 Å². The average molecular weight is 1210 g/mol. The van der Waals surface area contributed by atoms with Crippen LogP contribution in [-0.2, 0) is 25.7 Å². The van der Waals surface area contributed by atoms with Crippen LogP contribution in [0.4, 0.5) is 56.8 Å². The number of hydrogen-bond donors (Lipinski definition) is 9. The molecule has 89 heavy (non-hydrogen) atoms. The summed E-state index contributed by atoms with van der Waals surface area (Å²) in [6.07, 6.45) is 11.5. The Balaban J connectivity index is 0.832. The van der Waals surface area contributed by atoms with E-state index in [1.54, 1.807) is 0 Å². The zero-order valence-electron chi connectivity index (χ0n) is 52.9. The second-order valence-corrected chi connectivity index (χ2v) is 25.2. The summed E-state index contributed by atoms with van der Waals surface area (Å²) in [5.41, 5.74) is 15.1. The molecule has 470 valence electrons. The molecule has 0 spiro atoms. The zero-order chi connectivity index (χ0) is 62.0. The molecular formula is C68H86FN15O5. The summed E-state index contributed by atoms with van der Waals surface area (Å²) < 4.78 is 37.1. The molecule has 3 aromatic carbocycles. The van der Waals surface area contributed by atoms with Gasteiger partial charge in [0.05, 0.1) is 43.3 Å². The van der Waals surface area contributed by atoms with Gasteiger partial charge in [0.15, 0.2) is 5.82 Å². The minimum Gasteiger partial charge on any atom is -0.493 e. The third-order valence-corrected chi connectivity index (χ3v) is 18.2. The van der Waals surface area contributed by atoms with Crippen molar-refractivity contribution in [1.82, 2.24) is 45.0 Å². The molecular weight excluding hydrogens is 1130 g/mol. The number of aliphatic hydroxyl groups excluding tert-OH is 2. The maximum Gasteiger partial charge on any atom is 0.229 e. The number of anilines is 9. The van der Waals surface area contributed by atoms with Gasteiger partial charge in [-0.3, -0.25) is 0 Å². The molecule has 0 saturated carbocycles. The SMILES string of the molecule is CNc1cc(C)nc(Nc2cc3c(c(C4=CCN(C)C[C@@H](O)C4)c2C)OCC(Cc2cc(NC)nc(Nc4cc5c(c(C6=CCN(C)C[C@H](O)C6)c4C)OCC(Cc4cc(NC)nc(Nc6cc7c(c(C8=CCNCCC8)c6F)OCC[C@@H]7C)n4)C5)n2)C3)n1. The summed E-state index contributed by atoms with van der Waals surface area (Å²) in [6.45, 7) is 13.9. The van der Waals surface area contributed by atoms with E-state index in [1.807, 2.05) is 66.4 Å². The van der Waals surface area contributed by atoms with Gasteiger partial charge in [0.25, 0.3) is 0 Å². The highest BCUT2D eigenvalue weighted by Gasteiger charge is 2.34. The Hall–Kier alpha value is -7.95. The number of nitrogens with zero attached hydrogens (tertiary/aromatic N) is 8. The Morgan fingerprint density at radius 3 is 1.65 bits per heavy atom. The molecule has 5 atom stereocenters. The summed E-state index contributed by atoms with van der Waals surface area (Å²) in [5.74, 6) is 5.46. The molecule has 3 aromatic heterocycles. The van der Waals surface area contributed by atoms with Crippen molar-refractivity contribution in [3.8, 4) is 17.2 Å². The molecule has 2 unspecified atom stereocenters. The molecule has 0 saturated heterocycles. The Labute approximate surface area is 521 Å². The van der Waals surface area contributed by atoms with E-state index in [4.69, 9.17) is 44.1 Å². The highest BCUT2D eigenvalue weighted by molar-refractivity contribution is 5.83. The zero-order valence-corrected chi connectivity index (χ0v) is 52.9. The van der Waals surface area contributed by atoms with E-state index in [0.717, 1.165) is 134 Å². The Kier molecular flexibility index (Phi) is 18.3. The van der Waals surface area contributed by atoms with Crippen molar-refractivity contribution in [2.45, 2.75) is 104 Å². The standard InChI is InChI=1S/C68H86FN15O5/c1-37-15-20-87-65-52(37)32-55(62(69)61(65)43-11-10-16-73-17-12-43)79-68-76-49(31-58(72-7)82-68)25-42-23-47-29-54(40(4)60(64(47)89-36-42)45-14-19-84(9)34-51(86)27-45)78-67-75-48(30-57(71-6)81-67)24-41-22-46-28-53(77-66-74-38(2)21-56(70-5)80-66)39(3)59(63(46)88-35-41)44-13-18-83(8)33-50(85)26-44/h12-14,21,28-32,37,41-42,50-51,73,85-86H,10-11,15-20,22-27,33-36H2,1-9H3,(H2,70,74,77,80)(H2,71,75,78,81)(H2,72,76,79,82)/t37-,41?,42?,50-,51+/m0/s1. The highest BCUT2D eigenvalue weighted by atomic mass is 19.1. The molecule has 6 aliphatic heterocycles. The van der Waals surface area contributed by atoms with Gasteiger partial charge in [-0.25, -0.2) is 19.3 Å². The number of fused-ring (bicyclic) bond motifs is 3. The normalized spacial score (nSPS) is 21.3. The second-order valence-electron chi connectivity index (χ2n) is 25.2. The van der Waals surface area contributed by atoms with Gasteiger partial charge in [0, 0.05) is 136 Å². The van der Waals surface area contributed by atoms with Gasteiger partial charge in [-0.1, -0.05) is 25.2 Å². The summed E-state index contributed by atoms with van der Waals surface area (Å²) in [5, 5.41) is 46.2. The Bertz CT molecular complexity index is 3740. The quantitative estimate of drug-likeness (QED) is 0.0438. The molecule has 9 N–H and O–H groups in total. The molecule has 6 aromatic rings. The summed E-state index contributed by atoms with van der Waals surface area (Å²) in [4.78, 5) is 33.8. The topological polar surface area (TPSA) is 236 Å². The van der Waals surface area contributed by atoms with Crippen molar-refractivity contribution in [2.75, 3.05) is 126 Å². The number of rotatable bonds is 16. The second kappa shape index (κ2) is 26.6. The first kappa shape index (κ1) is 61.3. The molecule has 0 aliphatic carbocycles. The number of nitrogens with one attached hydrogen (secondary N) is 7. The number of benzene rings is 3. The number of allylic oxidation sites excluding steroid dienone is 1. The fraction of sp³-hybridized carbons (Fsp3) is 0.471. The van der Waals surface area contributed by atoms with Crippen molar-refractivity contribution < 1.29 is 28.8 Å². The van der Waals surface area contributed by atoms with Gasteiger partial charge < -0.3 is 71.4 Å². The van der Waals surface area contributed by atoms with Gasteiger partial charge in [0.1, 0.15) is 34.7 Å². The minimum absolute atomic E-state index is 0.0171. The van der Waals surface area contributed by atoms with Gasteiger partial charge >= 0.3 is 0 Å². The largest absolute Gasteiger partial charge is 0.493 e. The smallest absolute Gasteiger partial charge is 0.229 e.